The van der Waals surface area contributed by atoms with Crippen molar-refractivity contribution in [2.24, 2.45) is 5.92 Å². The third-order valence-corrected chi connectivity index (χ3v) is 5.77. The number of hydrogen-bond donors (Lipinski definition) is 2. The Hall–Kier alpha value is -3.06. The van der Waals surface area contributed by atoms with Gasteiger partial charge in [0.1, 0.15) is 12.6 Å². The lowest BCUT2D eigenvalue weighted by molar-refractivity contribution is -0.124. The highest BCUT2D eigenvalue weighted by Gasteiger charge is 2.24. The Bertz CT molecular complexity index is 941. The number of ether oxygens (including phenoxy) is 2. The number of aryl methyl sites for hydroxylation is 1. The van der Waals surface area contributed by atoms with Gasteiger partial charge in [0, 0.05) is 18.7 Å². The van der Waals surface area contributed by atoms with Crippen LogP contribution in [0.5, 0.6) is 11.5 Å². The van der Waals surface area contributed by atoms with E-state index in [9.17, 15) is 9.59 Å². The van der Waals surface area contributed by atoms with E-state index in [2.05, 4.69) is 29.4 Å². The van der Waals surface area contributed by atoms with E-state index in [1.165, 1.54) is 0 Å². The molecule has 0 heterocycles. The second-order valence-electron chi connectivity index (χ2n) is 8.64. The van der Waals surface area contributed by atoms with E-state index in [1.54, 1.807) is 13.2 Å². The molecule has 0 aliphatic heterocycles. The zero-order chi connectivity index (χ0) is 25.1. The summed E-state index contributed by atoms with van der Waals surface area (Å²) in [4.78, 5) is 27.8. The summed E-state index contributed by atoms with van der Waals surface area (Å²) in [5, 5.41) is 5.81. The minimum Gasteiger partial charge on any atom is -0.493 e. The molecule has 1 atom stereocenters. The molecule has 0 spiro atoms. The predicted octanol–water partition coefficient (Wildman–Crippen LogP) is 3.80. The highest BCUT2D eigenvalue weighted by molar-refractivity contribution is 5.97. The molecular formula is C27H39N3O4. The van der Waals surface area contributed by atoms with Crippen molar-refractivity contribution in [2.45, 2.75) is 47.2 Å². The van der Waals surface area contributed by atoms with Crippen LogP contribution in [0.3, 0.4) is 0 Å². The van der Waals surface area contributed by atoms with Crippen LogP contribution in [-0.2, 0) is 11.3 Å². The lowest BCUT2D eigenvalue weighted by Gasteiger charge is -2.22. The Labute approximate surface area is 203 Å². The zero-order valence-corrected chi connectivity index (χ0v) is 21.3. The van der Waals surface area contributed by atoms with Crippen molar-refractivity contribution in [2.75, 3.05) is 33.4 Å². The molecule has 0 aliphatic carbocycles. The normalized spacial score (nSPS) is 11.9. The fourth-order valence-corrected chi connectivity index (χ4v) is 3.61. The van der Waals surface area contributed by atoms with Crippen molar-refractivity contribution in [3.05, 3.63) is 59.2 Å². The lowest BCUT2D eigenvalue weighted by atomic mass is 10.0. The fraction of sp³-hybridized carbons (Fsp3) is 0.481. The van der Waals surface area contributed by atoms with E-state index in [0.717, 1.165) is 30.8 Å². The molecule has 2 aromatic carbocycles. The van der Waals surface area contributed by atoms with Gasteiger partial charge in [-0.05, 0) is 55.8 Å². The Morgan fingerprint density at radius 3 is 2.38 bits per heavy atom. The molecule has 1 unspecified atom stereocenters. The third kappa shape index (κ3) is 8.06. The minimum atomic E-state index is -0.641. The van der Waals surface area contributed by atoms with Gasteiger partial charge in [-0.2, -0.15) is 0 Å². The zero-order valence-electron chi connectivity index (χ0n) is 21.3. The molecule has 0 bridgehead atoms. The van der Waals surface area contributed by atoms with E-state index < -0.39 is 6.04 Å². The number of carbonyl (C=O) groups excluding carboxylic acids is 2. The molecule has 0 aliphatic rings. The summed E-state index contributed by atoms with van der Waals surface area (Å²) in [7, 11) is 1.60. The number of nitrogens with one attached hydrogen (secondary N) is 2. The van der Waals surface area contributed by atoms with E-state index in [1.807, 2.05) is 57.2 Å². The molecule has 2 N–H and O–H groups in total. The van der Waals surface area contributed by atoms with Gasteiger partial charge >= 0.3 is 0 Å². The number of rotatable bonds is 13. The molecule has 0 fully saturated rings. The SMILES string of the molecule is CCN(CC)CCOc1ccc(CNC(=O)C(NC(=O)c2cccc(C)c2)C(C)C)cc1OC. The number of methoxy groups -OCH3 is 1. The smallest absolute Gasteiger partial charge is 0.251 e. The first-order chi connectivity index (χ1) is 16.3. The number of amides is 2. The van der Waals surface area contributed by atoms with Crippen LogP contribution in [0.1, 0.15) is 49.2 Å². The van der Waals surface area contributed by atoms with Crippen LogP contribution in [0.15, 0.2) is 42.5 Å². The van der Waals surface area contributed by atoms with Crippen molar-refractivity contribution in [3.63, 3.8) is 0 Å². The standard InChI is InChI=1S/C27H39N3O4/c1-7-30(8-2)14-15-34-23-13-12-21(17-24(23)33-6)18-28-27(32)25(19(3)4)29-26(31)22-11-9-10-20(5)16-22/h9-13,16-17,19,25H,7-8,14-15,18H2,1-6H3,(H,28,32)(H,29,31). The monoisotopic (exact) mass is 469 g/mol. The second-order valence-corrected chi connectivity index (χ2v) is 8.64. The fourth-order valence-electron chi connectivity index (χ4n) is 3.61. The maximum absolute atomic E-state index is 12.9. The molecule has 2 rings (SSSR count). The van der Waals surface area contributed by atoms with E-state index in [4.69, 9.17) is 9.47 Å². The molecule has 34 heavy (non-hydrogen) atoms. The molecule has 0 saturated carbocycles. The average molecular weight is 470 g/mol. The Morgan fingerprint density at radius 1 is 1.03 bits per heavy atom. The molecule has 186 valence electrons. The summed E-state index contributed by atoms with van der Waals surface area (Å²) in [5.41, 5.74) is 2.42. The lowest BCUT2D eigenvalue weighted by Crippen LogP contribution is -2.49. The second kappa shape index (κ2) is 13.6. The topological polar surface area (TPSA) is 79.9 Å². The molecule has 2 aromatic rings. The summed E-state index contributed by atoms with van der Waals surface area (Å²) in [6.07, 6.45) is 0. The maximum Gasteiger partial charge on any atom is 0.251 e. The van der Waals surface area contributed by atoms with Gasteiger partial charge in [0.15, 0.2) is 11.5 Å². The van der Waals surface area contributed by atoms with Crippen molar-refractivity contribution in [1.82, 2.24) is 15.5 Å². The quantitative estimate of drug-likeness (QED) is 0.467. The van der Waals surface area contributed by atoms with Crippen molar-refractivity contribution < 1.29 is 19.1 Å². The number of nitrogens with zero attached hydrogens (tertiary/aromatic N) is 1. The molecule has 7 nitrogen and oxygen atoms in total. The van der Waals surface area contributed by atoms with Gasteiger partial charge in [0.2, 0.25) is 5.91 Å². The van der Waals surface area contributed by atoms with E-state index in [-0.39, 0.29) is 17.7 Å². The van der Waals surface area contributed by atoms with Gasteiger partial charge in [0.25, 0.3) is 5.91 Å². The first-order valence-corrected chi connectivity index (χ1v) is 12.0. The van der Waals surface area contributed by atoms with Crippen LogP contribution in [0.25, 0.3) is 0 Å². The van der Waals surface area contributed by atoms with Crippen LogP contribution in [0.4, 0.5) is 0 Å². The summed E-state index contributed by atoms with van der Waals surface area (Å²) >= 11 is 0. The van der Waals surface area contributed by atoms with Gasteiger partial charge in [0.05, 0.1) is 7.11 Å². The summed E-state index contributed by atoms with van der Waals surface area (Å²) in [6.45, 7) is 13.7. The average Bonchev–Trinajstić information content (AvgIpc) is 2.83. The number of benzene rings is 2. The van der Waals surface area contributed by atoms with E-state index >= 15 is 0 Å². The predicted molar refractivity (Wildman–Crippen MR) is 135 cm³/mol. The number of hydrogen-bond acceptors (Lipinski definition) is 5. The highest BCUT2D eigenvalue weighted by atomic mass is 16.5. The minimum absolute atomic E-state index is 0.0649. The van der Waals surface area contributed by atoms with Crippen LogP contribution in [0, 0.1) is 12.8 Å². The first kappa shape index (κ1) is 27.2. The summed E-state index contributed by atoms with van der Waals surface area (Å²) in [6, 6.07) is 12.3. The van der Waals surface area contributed by atoms with Crippen molar-refractivity contribution in [1.29, 1.82) is 0 Å². The maximum atomic E-state index is 12.9. The first-order valence-electron chi connectivity index (χ1n) is 12.0. The summed E-state index contributed by atoms with van der Waals surface area (Å²) < 4.78 is 11.4. The van der Waals surface area contributed by atoms with E-state index in [0.29, 0.717) is 30.2 Å². The number of carbonyl (C=O) groups is 2. The van der Waals surface area contributed by atoms with Gasteiger partial charge in [-0.25, -0.2) is 0 Å². The molecular weight excluding hydrogens is 430 g/mol. The Morgan fingerprint density at radius 2 is 1.76 bits per heavy atom. The Balaban J connectivity index is 1.97. The molecule has 0 saturated heterocycles. The number of likely N-dealkylation sites (N-methyl/N-ethyl adjacent to an activating group) is 1. The van der Waals surface area contributed by atoms with Crippen LogP contribution in [-0.4, -0.2) is 56.1 Å². The van der Waals surface area contributed by atoms with Crippen molar-refractivity contribution in [3.8, 4) is 11.5 Å². The van der Waals surface area contributed by atoms with Crippen LogP contribution < -0.4 is 20.1 Å². The summed E-state index contributed by atoms with van der Waals surface area (Å²) in [5.74, 6) is 0.750. The molecule has 2 amide bonds. The van der Waals surface area contributed by atoms with Crippen LogP contribution >= 0.6 is 0 Å². The van der Waals surface area contributed by atoms with Gasteiger partial charge < -0.3 is 25.0 Å². The molecule has 7 heteroatoms. The molecule has 0 aromatic heterocycles. The van der Waals surface area contributed by atoms with Crippen molar-refractivity contribution >= 4 is 11.8 Å². The third-order valence-electron chi connectivity index (χ3n) is 5.77. The highest BCUT2D eigenvalue weighted by Crippen LogP contribution is 2.28. The van der Waals surface area contributed by atoms with Gasteiger partial charge in [-0.3, -0.25) is 9.59 Å². The van der Waals surface area contributed by atoms with Crippen LogP contribution in [0.2, 0.25) is 0 Å². The van der Waals surface area contributed by atoms with Gasteiger partial charge in [-0.1, -0.05) is 51.5 Å². The van der Waals surface area contributed by atoms with Gasteiger partial charge in [-0.15, -0.1) is 0 Å². The molecule has 0 radical (unpaired) electrons. The Kier molecular flexibility index (Phi) is 10.9. The largest absolute Gasteiger partial charge is 0.493 e.